The Morgan fingerprint density at radius 3 is 1.59 bits per heavy atom. The molecule has 51 heavy (non-hydrogen) atoms. The molecule has 0 spiro atoms. The van der Waals surface area contributed by atoms with Gasteiger partial charge in [0, 0.05) is 33.0 Å². The van der Waals surface area contributed by atoms with Crippen LogP contribution < -0.4 is 0 Å². The molecule has 10 rings (SSSR count). The average molecular weight is 652 g/mol. The lowest BCUT2D eigenvalue weighted by Crippen LogP contribution is -2.01. The maximum atomic E-state index is 6.47. The Labute approximate surface area is 294 Å². The van der Waals surface area contributed by atoms with Gasteiger partial charge in [0.2, 0.25) is 0 Å². The molecule has 10 aromatic rings. The van der Waals surface area contributed by atoms with E-state index in [9.17, 15) is 0 Å². The average Bonchev–Trinajstić information content (AvgIpc) is 3.59. The molecule has 0 unspecified atom stereocenters. The summed E-state index contributed by atoms with van der Waals surface area (Å²) in [5, 5.41) is 6.93. The second-order valence-electron chi connectivity index (χ2n) is 12.8. The molecule has 0 atom stereocenters. The number of para-hydroxylation sites is 2. The van der Waals surface area contributed by atoms with Crippen LogP contribution in [0.15, 0.2) is 180 Å². The van der Waals surface area contributed by atoms with Crippen LogP contribution in [0.5, 0.6) is 0 Å². The summed E-state index contributed by atoms with van der Waals surface area (Å²) < 4.78 is 6.47. The first-order valence-corrected chi connectivity index (χ1v) is 17.1. The fraction of sp³-hybridized carbons (Fsp3) is 0. The van der Waals surface area contributed by atoms with Crippen molar-refractivity contribution in [3.05, 3.63) is 176 Å². The molecule has 4 heteroatoms. The zero-order valence-corrected chi connectivity index (χ0v) is 27.5. The minimum atomic E-state index is 0.602. The van der Waals surface area contributed by atoms with Crippen LogP contribution in [-0.4, -0.2) is 15.0 Å². The third kappa shape index (κ3) is 5.13. The van der Waals surface area contributed by atoms with Crippen LogP contribution in [0.3, 0.4) is 0 Å². The second kappa shape index (κ2) is 11.9. The Morgan fingerprint density at radius 2 is 0.824 bits per heavy atom. The van der Waals surface area contributed by atoms with Crippen LogP contribution in [0.4, 0.5) is 0 Å². The fourth-order valence-electron chi connectivity index (χ4n) is 7.14. The minimum absolute atomic E-state index is 0.602. The molecule has 2 heterocycles. The lowest BCUT2D eigenvalue weighted by molar-refractivity contribution is 0.670. The van der Waals surface area contributed by atoms with E-state index in [0.717, 1.165) is 60.7 Å². The van der Waals surface area contributed by atoms with E-state index in [2.05, 4.69) is 152 Å². The lowest BCUT2D eigenvalue weighted by atomic mass is 9.97. The van der Waals surface area contributed by atoms with Crippen LogP contribution in [0, 0.1) is 0 Å². The summed E-state index contributed by atoms with van der Waals surface area (Å²) in [6.07, 6.45) is 0. The first-order chi connectivity index (χ1) is 25.2. The molecule has 4 nitrogen and oxygen atoms in total. The van der Waals surface area contributed by atoms with E-state index in [0.29, 0.717) is 17.5 Å². The van der Waals surface area contributed by atoms with Gasteiger partial charge in [0.05, 0.1) is 0 Å². The van der Waals surface area contributed by atoms with Gasteiger partial charge in [0.25, 0.3) is 0 Å². The summed E-state index contributed by atoms with van der Waals surface area (Å²) in [6, 6.07) is 61.1. The minimum Gasteiger partial charge on any atom is -0.455 e. The third-order valence-electron chi connectivity index (χ3n) is 9.73. The van der Waals surface area contributed by atoms with Gasteiger partial charge in [-0.15, -0.1) is 0 Å². The Hall–Kier alpha value is -6.91. The van der Waals surface area contributed by atoms with Gasteiger partial charge in [-0.25, -0.2) is 15.0 Å². The number of fused-ring (bicyclic) bond motifs is 5. The standard InChI is InChI=1S/C47H29N3O/c1-3-12-34-28-36(26-22-30(34)10-1)32-20-24-33(25-21-32)45-48-46(37-27-23-31-11-2-4-13-35(31)29-37)50-47(49-45)42-16-6-5-14-38(42)40-17-9-18-41-39-15-7-8-19-43(39)51-44(40)41/h1-29H. The van der Waals surface area contributed by atoms with Gasteiger partial charge in [0.15, 0.2) is 17.5 Å². The lowest BCUT2D eigenvalue weighted by Gasteiger charge is -2.13. The number of furan rings is 1. The molecule has 0 N–H and O–H groups in total. The van der Waals surface area contributed by atoms with E-state index < -0.39 is 0 Å². The van der Waals surface area contributed by atoms with Crippen molar-refractivity contribution in [3.63, 3.8) is 0 Å². The number of benzene rings is 8. The van der Waals surface area contributed by atoms with Gasteiger partial charge >= 0.3 is 0 Å². The molecular formula is C47H29N3O. The highest BCUT2D eigenvalue weighted by Gasteiger charge is 2.19. The highest BCUT2D eigenvalue weighted by atomic mass is 16.3. The van der Waals surface area contributed by atoms with Crippen LogP contribution in [0.25, 0.3) is 99.9 Å². The van der Waals surface area contributed by atoms with Crippen LogP contribution >= 0.6 is 0 Å². The first-order valence-electron chi connectivity index (χ1n) is 17.1. The second-order valence-corrected chi connectivity index (χ2v) is 12.8. The van der Waals surface area contributed by atoms with Crippen molar-refractivity contribution in [2.24, 2.45) is 0 Å². The summed E-state index contributed by atoms with van der Waals surface area (Å²) >= 11 is 0. The van der Waals surface area contributed by atoms with Crippen molar-refractivity contribution in [1.82, 2.24) is 15.0 Å². The third-order valence-corrected chi connectivity index (χ3v) is 9.73. The van der Waals surface area contributed by atoms with Crippen molar-refractivity contribution in [1.29, 1.82) is 0 Å². The van der Waals surface area contributed by atoms with Crippen molar-refractivity contribution in [3.8, 4) is 56.4 Å². The number of aromatic nitrogens is 3. The highest BCUT2D eigenvalue weighted by molar-refractivity contribution is 6.10. The highest BCUT2D eigenvalue weighted by Crippen LogP contribution is 2.40. The zero-order valence-electron chi connectivity index (χ0n) is 27.5. The largest absolute Gasteiger partial charge is 0.455 e. The van der Waals surface area contributed by atoms with Gasteiger partial charge in [-0.3, -0.25) is 0 Å². The summed E-state index contributed by atoms with van der Waals surface area (Å²) in [7, 11) is 0. The quantitative estimate of drug-likeness (QED) is 0.186. The summed E-state index contributed by atoms with van der Waals surface area (Å²) in [5.41, 5.74) is 8.77. The summed E-state index contributed by atoms with van der Waals surface area (Å²) in [6.45, 7) is 0. The van der Waals surface area contributed by atoms with Gasteiger partial charge in [-0.05, 0) is 56.4 Å². The van der Waals surface area contributed by atoms with E-state index in [1.165, 1.54) is 21.7 Å². The zero-order chi connectivity index (χ0) is 33.7. The van der Waals surface area contributed by atoms with Crippen molar-refractivity contribution < 1.29 is 4.42 Å². The topological polar surface area (TPSA) is 51.8 Å². The number of rotatable bonds is 5. The maximum absolute atomic E-state index is 6.47. The van der Waals surface area contributed by atoms with E-state index in [1.807, 2.05) is 24.3 Å². The summed E-state index contributed by atoms with van der Waals surface area (Å²) in [4.78, 5) is 15.4. The van der Waals surface area contributed by atoms with Crippen LogP contribution in [-0.2, 0) is 0 Å². The van der Waals surface area contributed by atoms with Crippen molar-refractivity contribution in [2.45, 2.75) is 0 Å². The molecule has 0 aliphatic carbocycles. The van der Waals surface area contributed by atoms with E-state index >= 15 is 0 Å². The predicted octanol–water partition coefficient (Wildman–Crippen LogP) is 12.4. The van der Waals surface area contributed by atoms with Gasteiger partial charge < -0.3 is 4.42 Å². The molecule has 0 radical (unpaired) electrons. The molecule has 0 aliphatic rings. The molecule has 0 fully saturated rings. The molecule has 0 bridgehead atoms. The van der Waals surface area contributed by atoms with Gasteiger partial charge in [-0.1, -0.05) is 158 Å². The summed E-state index contributed by atoms with van der Waals surface area (Å²) in [5.74, 6) is 1.84. The Bertz CT molecular complexity index is 2920. The molecular weight excluding hydrogens is 623 g/mol. The van der Waals surface area contributed by atoms with Crippen molar-refractivity contribution >= 4 is 43.5 Å². The predicted molar refractivity (Wildman–Crippen MR) is 209 cm³/mol. The molecule has 2 aromatic heterocycles. The van der Waals surface area contributed by atoms with E-state index in [1.54, 1.807) is 0 Å². The Morgan fingerprint density at radius 1 is 0.314 bits per heavy atom. The molecule has 8 aromatic carbocycles. The van der Waals surface area contributed by atoms with Crippen LogP contribution in [0.1, 0.15) is 0 Å². The molecule has 0 saturated carbocycles. The number of hydrogen-bond donors (Lipinski definition) is 0. The van der Waals surface area contributed by atoms with E-state index in [4.69, 9.17) is 19.4 Å². The number of nitrogens with zero attached hydrogens (tertiary/aromatic N) is 3. The molecule has 0 aliphatic heterocycles. The molecule has 0 amide bonds. The van der Waals surface area contributed by atoms with Crippen LogP contribution in [0.2, 0.25) is 0 Å². The first kappa shape index (κ1) is 29.0. The Kier molecular flexibility index (Phi) is 6.78. The SMILES string of the molecule is c1ccc(-c2cccc3c2oc2ccccc23)c(-c2nc(-c3ccc(-c4ccc5ccccc5c4)cc3)nc(-c3ccc4ccccc4c3)n2)c1. The van der Waals surface area contributed by atoms with Gasteiger partial charge in [0.1, 0.15) is 11.2 Å². The monoisotopic (exact) mass is 651 g/mol. The van der Waals surface area contributed by atoms with Gasteiger partial charge in [-0.2, -0.15) is 0 Å². The smallest absolute Gasteiger partial charge is 0.164 e. The molecule has 0 saturated heterocycles. The van der Waals surface area contributed by atoms with Crippen molar-refractivity contribution in [2.75, 3.05) is 0 Å². The normalized spacial score (nSPS) is 11.5. The number of hydrogen-bond acceptors (Lipinski definition) is 4. The maximum Gasteiger partial charge on any atom is 0.164 e. The Balaban J connectivity index is 1.14. The fourth-order valence-corrected chi connectivity index (χ4v) is 7.14. The van der Waals surface area contributed by atoms with E-state index in [-0.39, 0.29) is 0 Å². The molecule has 238 valence electrons.